The van der Waals surface area contributed by atoms with Crippen LogP contribution in [0.5, 0.6) is 11.5 Å². The third-order valence-electron chi connectivity index (χ3n) is 7.18. The number of ether oxygens (including phenoxy) is 2. The number of rotatable bonds is 8. The number of nitrogens with two attached hydrogens (primary N) is 1. The number of aliphatic hydroxyl groups is 2. The molecule has 5 N–H and O–H groups in total. The molecule has 1 aliphatic heterocycles. The number of anilines is 1. The first-order chi connectivity index (χ1) is 18.5. The number of carbonyl (C=O) groups excluding carboxylic acids is 1. The Bertz CT molecular complexity index is 1490. The summed E-state index contributed by atoms with van der Waals surface area (Å²) in [4.78, 5) is 29.9. The average molecular weight is 539 g/mol. The molecule has 0 spiro atoms. The Morgan fingerprint density at radius 2 is 2.08 bits per heavy atom. The van der Waals surface area contributed by atoms with Crippen molar-refractivity contribution in [2.24, 2.45) is 0 Å². The number of phenolic OH excluding ortho intramolecular Hbond substituents is 1. The molecule has 0 unspecified atom stereocenters. The number of pyridine rings is 1. The van der Waals surface area contributed by atoms with Crippen LogP contribution in [0, 0.1) is 0 Å². The number of hydrogen-bond acceptors (Lipinski definition) is 10. The van der Waals surface area contributed by atoms with Gasteiger partial charge in [0, 0.05) is 47.9 Å². The zero-order valence-electron chi connectivity index (χ0n) is 22.5. The van der Waals surface area contributed by atoms with E-state index in [9.17, 15) is 24.9 Å². The number of aromatic nitrogens is 1. The summed E-state index contributed by atoms with van der Waals surface area (Å²) in [6.07, 6.45) is 3.32. The lowest BCUT2D eigenvalue weighted by Gasteiger charge is -2.41. The van der Waals surface area contributed by atoms with Crippen molar-refractivity contribution in [3.8, 4) is 11.5 Å². The summed E-state index contributed by atoms with van der Waals surface area (Å²) in [6.45, 7) is 6.31. The van der Waals surface area contributed by atoms with Crippen molar-refractivity contribution in [1.82, 2.24) is 4.98 Å². The Hall–Kier alpha value is -3.89. The summed E-state index contributed by atoms with van der Waals surface area (Å²) in [6, 6.07) is 4.60. The van der Waals surface area contributed by atoms with Gasteiger partial charge >= 0.3 is 5.97 Å². The highest BCUT2D eigenvalue weighted by Crippen LogP contribution is 2.50. The molecular formula is C29H34N2O8. The highest BCUT2D eigenvalue weighted by Gasteiger charge is 2.44. The van der Waals surface area contributed by atoms with Crippen molar-refractivity contribution in [2.75, 3.05) is 12.3 Å². The summed E-state index contributed by atoms with van der Waals surface area (Å²) in [5.41, 5.74) is 6.42. The fraction of sp³-hybridized carbons (Fsp3) is 0.414. The number of fused-ring (bicyclic) bond motifs is 2. The van der Waals surface area contributed by atoms with E-state index in [-0.39, 0.29) is 47.1 Å². The number of benzene rings is 1. The molecule has 0 bridgehead atoms. The van der Waals surface area contributed by atoms with Gasteiger partial charge in [0.15, 0.2) is 5.43 Å². The van der Waals surface area contributed by atoms with Crippen LogP contribution in [0.1, 0.15) is 68.9 Å². The van der Waals surface area contributed by atoms with Gasteiger partial charge in [-0.05, 0) is 58.2 Å². The first kappa shape index (κ1) is 28.1. The molecule has 4 rings (SSSR count). The Morgan fingerprint density at radius 3 is 2.72 bits per heavy atom. The van der Waals surface area contributed by atoms with Crippen molar-refractivity contribution >= 4 is 22.8 Å². The van der Waals surface area contributed by atoms with Gasteiger partial charge in [-0.1, -0.05) is 6.08 Å². The molecule has 39 heavy (non-hydrogen) atoms. The minimum atomic E-state index is -1.03. The molecule has 0 amide bonds. The second-order valence-electron chi connectivity index (χ2n) is 10.2. The monoisotopic (exact) mass is 538 g/mol. The normalized spacial score (nSPS) is 17.4. The van der Waals surface area contributed by atoms with E-state index in [0.717, 1.165) is 11.6 Å². The van der Waals surface area contributed by atoms with Gasteiger partial charge < -0.3 is 34.9 Å². The lowest BCUT2D eigenvalue weighted by molar-refractivity contribution is -0.156. The Labute approximate surface area is 225 Å². The molecule has 10 nitrogen and oxygen atoms in total. The number of esters is 1. The van der Waals surface area contributed by atoms with E-state index in [1.165, 1.54) is 0 Å². The van der Waals surface area contributed by atoms with Gasteiger partial charge in [-0.3, -0.25) is 4.79 Å². The first-order valence-electron chi connectivity index (χ1n) is 12.8. The number of nitrogen functional groups attached to an aromatic ring is 1. The van der Waals surface area contributed by atoms with E-state index >= 15 is 0 Å². The van der Waals surface area contributed by atoms with Gasteiger partial charge in [0.05, 0.1) is 0 Å². The summed E-state index contributed by atoms with van der Waals surface area (Å²) in [5, 5.41) is 30.8. The van der Waals surface area contributed by atoms with Crippen molar-refractivity contribution in [3.63, 3.8) is 0 Å². The highest BCUT2D eigenvalue weighted by atomic mass is 16.6. The smallest absolute Gasteiger partial charge is 0.333 e. The maximum Gasteiger partial charge on any atom is 0.333 e. The zero-order chi connectivity index (χ0) is 28.5. The van der Waals surface area contributed by atoms with Crippen LogP contribution in [0.3, 0.4) is 0 Å². The first-order valence-corrected chi connectivity index (χ1v) is 12.8. The predicted octanol–water partition coefficient (Wildman–Crippen LogP) is 3.46. The van der Waals surface area contributed by atoms with Crippen LogP contribution < -0.4 is 15.9 Å². The number of phenols is 1. The van der Waals surface area contributed by atoms with Gasteiger partial charge in [0.25, 0.3) is 0 Å². The molecule has 1 aromatic carbocycles. The molecule has 0 radical (unpaired) electrons. The standard InChI is InChI=1S/C29H34N2O8/c1-5-15(2)28(36)38-21-13-19-25(35)24-20(34)12-17(14-33)37-27(24)23(26(19)39-29(21,3)4)18(7-6-10-32)16-8-9-31-22(30)11-16/h5,8-9,11-12,18,21,32-33,35H,6-7,10,13-14H2,1-4H3,(H2,30,31)/t18-,21+/m1/s1. The minimum absolute atomic E-state index is 0.0203. The number of aromatic hydroxyl groups is 1. The van der Waals surface area contributed by atoms with Gasteiger partial charge in [0.1, 0.15) is 52.4 Å². The van der Waals surface area contributed by atoms with E-state index in [1.54, 1.807) is 52.1 Å². The van der Waals surface area contributed by atoms with Crippen molar-refractivity contribution in [1.29, 1.82) is 0 Å². The zero-order valence-corrected chi connectivity index (χ0v) is 22.5. The molecule has 0 fully saturated rings. The average Bonchev–Trinajstić information content (AvgIpc) is 2.90. The van der Waals surface area contributed by atoms with Crippen LogP contribution in [0.25, 0.3) is 11.0 Å². The number of aliphatic hydroxyl groups excluding tert-OH is 2. The van der Waals surface area contributed by atoms with Crippen LogP contribution in [0.15, 0.2) is 45.3 Å². The molecule has 10 heteroatoms. The molecule has 2 atom stereocenters. The highest BCUT2D eigenvalue weighted by molar-refractivity contribution is 5.92. The SMILES string of the molecule is CC=C(C)C(=O)O[C@H]1Cc2c(c([C@H](CCCO)c3ccnc(N)c3)c3oc(CO)cc(=O)c3c2O)OC1(C)C. The van der Waals surface area contributed by atoms with Crippen LogP contribution in [-0.2, 0) is 22.6 Å². The quantitative estimate of drug-likeness (QED) is 0.246. The van der Waals surface area contributed by atoms with Gasteiger partial charge in [-0.15, -0.1) is 0 Å². The number of nitrogens with zero attached hydrogens (tertiary/aromatic N) is 1. The number of hydrogen-bond donors (Lipinski definition) is 4. The maximum absolute atomic E-state index is 13.2. The summed E-state index contributed by atoms with van der Waals surface area (Å²) >= 11 is 0. The molecule has 0 aliphatic carbocycles. The van der Waals surface area contributed by atoms with Gasteiger partial charge in [0.2, 0.25) is 0 Å². The topological polar surface area (TPSA) is 165 Å². The van der Waals surface area contributed by atoms with E-state index < -0.39 is 35.6 Å². The van der Waals surface area contributed by atoms with E-state index in [1.807, 2.05) is 0 Å². The molecule has 3 heterocycles. The van der Waals surface area contributed by atoms with E-state index in [4.69, 9.17) is 19.6 Å². The third-order valence-corrected chi connectivity index (χ3v) is 7.18. The summed E-state index contributed by atoms with van der Waals surface area (Å²) in [5.74, 6) is -0.747. The van der Waals surface area contributed by atoms with Crippen molar-refractivity contribution in [2.45, 2.75) is 71.2 Å². The number of carbonyl (C=O) groups is 1. The Kier molecular flexibility index (Phi) is 7.99. The fourth-order valence-corrected chi connectivity index (χ4v) is 4.92. The summed E-state index contributed by atoms with van der Waals surface area (Å²) < 4.78 is 18.3. The molecule has 208 valence electrons. The molecule has 1 aliphatic rings. The molecule has 3 aromatic rings. The Morgan fingerprint density at radius 1 is 1.33 bits per heavy atom. The second-order valence-corrected chi connectivity index (χ2v) is 10.2. The third kappa shape index (κ3) is 5.35. The lowest BCUT2D eigenvalue weighted by atomic mass is 9.81. The van der Waals surface area contributed by atoms with Gasteiger partial charge in [-0.2, -0.15) is 0 Å². The summed E-state index contributed by atoms with van der Waals surface area (Å²) in [7, 11) is 0. The fourth-order valence-electron chi connectivity index (χ4n) is 4.92. The second kappa shape index (κ2) is 11.1. The predicted molar refractivity (Wildman–Crippen MR) is 145 cm³/mol. The van der Waals surface area contributed by atoms with Crippen LogP contribution in [0.4, 0.5) is 5.82 Å². The van der Waals surface area contributed by atoms with Crippen LogP contribution in [-0.4, -0.2) is 44.6 Å². The Balaban J connectivity index is 2.04. The van der Waals surface area contributed by atoms with E-state index in [2.05, 4.69) is 4.98 Å². The minimum Gasteiger partial charge on any atom is -0.507 e. The van der Waals surface area contributed by atoms with Gasteiger partial charge in [-0.25, -0.2) is 9.78 Å². The lowest BCUT2D eigenvalue weighted by Crippen LogP contribution is -2.49. The molecule has 0 saturated heterocycles. The molecule has 0 saturated carbocycles. The van der Waals surface area contributed by atoms with Crippen molar-refractivity contribution < 1.29 is 34.0 Å². The molecular weight excluding hydrogens is 504 g/mol. The van der Waals surface area contributed by atoms with Crippen LogP contribution in [0.2, 0.25) is 0 Å². The largest absolute Gasteiger partial charge is 0.507 e. The number of allylic oxidation sites excluding steroid dienone is 1. The molecule has 2 aromatic heterocycles. The van der Waals surface area contributed by atoms with E-state index in [0.29, 0.717) is 29.5 Å². The maximum atomic E-state index is 13.2. The van der Waals surface area contributed by atoms with Crippen molar-refractivity contribution in [3.05, 3.63) is 68.7 Å². The van der Waals surface area contributed by atoms with Crippen LogP contribution >= 0.6 is 0 Å².